The number of ether oxygens (including phenoxy) is 1. The summed E-state index contributed by atoms with van der Waals surface area (Å²) in [5, 5.41) is 25.1. The van der Waals surface area contributed by atoms with Crippen LogP contribution in [0.25, 0.3) is 22.2 Å². The summed E-state index contributed by atoms with van der Waals surface area (Å²) in [6.07, 6.45) is 0. The van der Waals surface area contributed by atoms with Crippen LogP contribution >= 0.6 is 15.9 Å². The minimum atomic E-state index is -0.606. The molecule has 0 saturated heterocycles. The molecule has 2 aromatic carbocycles. The molecule has 4 rings (SSSR count). The smallest absolute Gasteiger partial charge is 0.313 e. The second-order valence-electron chi connectivity index (χ2n) is 5.92. The lowest BCUT2D eigenvalue weighted by atomic mass is 10.1. The first-order valence-electron chi connectivity index (χ1n) is 8.21. The van der Waals surface area contributed by atoms with E-state index in [-0.39, 0.29) is 17.3 Å². The summed E-state index contributed by atoms with van der Waals surface area (Å²) in [6, 6.07) is 14.3. The van der Waals surface area contributed by atoms with Gasteiger partial charge in [-0.05, 0) is 36.4 Å². The van der Waals surface area contributed by atoms with Crippen LogP contribution < -0.4 is 4.74 Å². The monoisotopic (exact) mass is 439 g/mol. The summed E-state index contributed by atoms with van der Waals surface area (Å²) < 4.78 is 6.01. The van der Waals surface area contributed by atoms with E-state index in [9.17, 15) is 9.90 Å². The molecule has 28 heavy (non-hydrogen) atoms. The number of aromatic amines is 2. The van der Waals surface area contributed by atoms with Crippen LogP contribution in [0.15, 0.2) is 63.2 Å². The Hall–Kier alpha value is -3.46. The second kappa shape index (κ2) is 7.28. The Bertz CT molecular complexity index is 1210. The zero-order valence-corrected chi connectivity index (χ0v) is 16.2. The Labute approximate surface area is 167 Å². The van der Waals surface area contributed by atoms with E-state index < -0.39 is 5.91 Å². The number of aromatic nitrogens is 3. The van der Waals surface area contributed by atoms with Gasteiger partial charge in [0.25, 0.3) is 0 Å². The molecule has 140 valence electrons. The highest BCUT2D eigenvalue weighted by atomic mass is 79.9. The van der Waals surface area contributed by atoms with Gasteiger partial charge in [0.1, 0.15) is 11.4 Å². The molecule has 0 aliphatic carbocycles. The minimum absolute atomic E-state index is 0.161. The van der Waals surface area contributed by atoms with E-state index >= 15 is 0 Å². The lowest BCUT2D eigenvalue weighted by molar-refractivity contribution is 0.0990. The molecule has 0 unspecified atom stereocenters. The van der Waals surface area contributed by atoms with Crippen LogP contribution in [0.3, 0.4) is 0 Å². The number of azo groups is 1. The first kappa shape index (κ1) is 17.9. The molecule has 0 aliphatic heterocycles. The molecule has 0 aliphatic rings. The van der Waals surface area contributed by atoms with Crippen LogP contribution in [0.2, 0.25) is 0 Å². The number of amides is 1. The van der Waals surface area contributed by atoms with Gasteiger partial charge in [-0.2, -0.15) is 5.10 Å². The third kappa shape index (κ3) is 3.39. The van der Waals surface area contributed by atoms with E-state index in [1.54, 1.807) is 25.3 Å². The average Bonchev–Trinajstić information content (AvgIpc) is 3.31. The molecule has 0 atom stereocenters. The van der Waals surface area contributed by atoms with Gasteiger partial charge in [0.2, 0.25) is 5.88 Å². The molecule has 3 N–H and O–H groups in total. The first-order valence-corrected chi connectivity index (χ1v) is 9.00. The number of hydrogen-bond donors (Lipinski definition) is 3. The van der Waals surface area contributed by atoms with Crippen molar-refractivity contribution in [1.82, 2.24) is 15.2 Å². The standard InChI is InChI=1S/C19H14BrN5O3/c1-28-12-4-2-3-10(7-12)15-9-16(23-22-15)18(26)25-24-17-13-8-11(20)5-6-14(13)21-19(17)27/h2-9,21,27H,1H3,(H,22,23). The highest BCUT2D eigenvalue weighted by molar-refractivity contribution is 9.10. The normalized spacial score (nSPS) is 11.4. The molecule has 0 radical (unpaired) electrons. The first-order chi connectivity index (χ1) is 13.5. The van der Waals surface area contributed by atoms with E-state index in [0.717, 1.165) is 10.0 Å². The van der Waals surface area contributed by atoms with Crippen molar-refractivity contribution in [1.29, 1.82) is 0 Å². The molecule has 1 amide bonds. The largest absolute Gasteiger partial charge is 0.497 e. The predicted molar refractivity (Wildman–Crippen MR) is 107 cm³/mol. The molecular formula is C19H14BrN5O3. The highest BCUT2D eigenvalue weighted by Gasteiger charge is 2.14. The fourth-order valence-electron chi connectivity index (χ4n) is 2.75. The van der Waals surface area contributed by atoms with Crippen molar-refractivity contribution in [2.75, 3.05) is 7.11 Å². The highest BCUT2D eigenvalue weighted by Crippen LogP contribution is 2.37. The number of fused-ring (bicyclic) bond motifs is 1. The minimum Gasteiger partial charge on any atom is -0.497 e. The molecule has 8 nitrogen and oxygen atoms in total. The van der Waals surface area contributed by atoms with E-state index in [0.29, 0.717) is 22.3 Å². The number of hydrogen-bond acceptors (Lipinski definition) is 5. The molecule has 0 fully saturated rings. The zero-order valence-electron chi connectivity index (χ0n) is 14.6. The number of nitrogens with one attached hydrogen (secondary N) is 2. The summed E-state index contributed by atoms with van der Waals surface area (Å²) in [4.78, 5) is 15.2. The maximum absolute atomic E-state index is 12.4. The Morgan fingerprint density at radius 3 is 2.89 bits per heavy atom. The number of H-pyrrole nitrogens is 2. The summed E-state index contributed by atoms with van der Waals surface area (Å²) in [5.41, 5.74) is 2.44. The van der Waals surface area contributed by atoms with Crippen LogP contribution in [-0.4, -0.2) is 33.3 Å². The Kier molecular flexibility index (Phi) is 4.66. The quantitative estimate of drug-likeness (QED) is 0.389. The van der Waals surface area contributed by atoms with Crippen molar-refractivity contribution in [3.8, 4) is 22.9 Å². The van der Waals surface area contributed by atoms with Crippen molar-refractivity contribution in [2.45, 2.75) is 0 Å². The Morgan fingerprint density at radius 1 is 1.21 bits per heavy atom. The molecule has 0 bridgehead atoms. The van der Waals surface area contributed by atoms with Crippen molar-refractivity contribution in [3.05, 3.63) is 58.7 Å². The number of halogens is 1. The zero-order chi connectivity index (χ0) is 19.7. The van der Waals surface area contributed by atoms with Gasteiger partial charge >= 0.3 is 5.91 Å². The lowest BCUT2D eigenvalue weighted by Crippen LogP contribution is -1.93. The fraction of sp³-hybridized carbons (Fsp3) is 0.0526. The van der Waals surface area contributed by atoms with Crippen LogP contribution in [0.5, 0.6) is 11.6 Å². The topological polar surface area (TPSA) is 116 Å². The van der Waals surface area contributed by atoms with Gasteiger partial charge in [-0.3, -0.25) is 9.89 Å². The van der Waals surface area contributed by atoms with E-state index in [1.807, 2.05) is 30.3 Å². The summed E-state index contributed by atoms with van der Waals surface area (Å²) in [7, 11) is 1.58. The molecule has 2 heterocycles. The third-order valence-electron chi connectivity index (χ3n) is 4.13. The molecule has 0 spiro atoms. The maximum Gasteiger partial charge on any atom is 0.313 e. The number of benzene rings is 2. The van der Waals surface area contributed by atoms with Gasteiger partial charge in [-0.15, -0.1) is 10.2 Å². The molecule has 2 aromatic heterocycles. The summed E-state index contributed by atoms with van der Waals surface area (Å²) in [6.45, 7) is 0. The Balaban J connectivity index is 1.60. The van der Waals surface area contributed by atoms with E-state index in [1.165, 1.54) is 0 Å². The van der Waals surface area contributed by atoms with Gasteiger partial charge in [-0.25, -0.2) is 0 Å². The fourth-order valence-corrected chi connectivity index (χ4v) is 3.11. The molecular weight excluding hydrogens is 426 g/mol. The van der Waals surface area contributed by atoms with Gasteiger partial charge < -0.3 is 14.8 Å². The van der Waals surface area contributed by atoms with Crippen LogP contribution in [-0.2, 0) is 0 Å². The predicted octanol–water partition coefficient (Wildman–Crippen LogP) is 4.96. The number of carbonyl (C=O) groups excluding carboxylic acids is 1. The maximum atomic E-state index is 12.4. The van der Waals surface area contributed by atoms with Gasteiger partial charge in [0.15, 0.2) is 5.69 Å². The molecule has 0 saturated carbocycles. The van der Waals surface area contributed by atoms with Crippen molar-refractivity contribution in [3.63, 3.8) is 0 Å². The van der Waals surface area contributed by atoms with Crippen LogP contribution in [0, 0.1) is 0 Å². The number of rotatable bonds is 4. The molecule has 4 aromatic rings. The van der Waals surface area contributed by atoms with Gasteiger partial charge in [0.05, 0.1) is 18.3 Å². The lowest BCUT2D eigenvalue weighted by Gasteiger charge is -2.00. The van der Waals surface area contributed by atoms with Gasteiger partial charge in [0, 0.05) is 15.4 Å². The van der Waals surface area contributed by atoms with Crippen LogP contribution in [0.1, 0.15) is 10.5 Å². The SMILES string of the molecule is COc1cccc(-c2cc(C(=O)N=Nc3c(O)[nH]c4ccc(Br)cc34)[nH]n2)c1. The number of aromatic hydroxyl groups is 1. The number of carbonyl (C=O) groups is 1. The van der Waals surface area contributed by atoms with Crippen molar-refractivity contribution >= 4 is 38.4 Å². The molecule has 9 heteroatoms. The number of methoxy groups -OCH3 is 1. The third-order valence-corrected chi connectivity index (χ3v) is 4.62. The van der Waals surface area contributed by atoms with Crippen LogP contribution in [0.4, 0.5) is 5.69 Å². The number of nitrogens with zero attached hydrogens (tertiary/aromatic N) is 3. The van der Waals surface area contributed by atoms with E-state index in [2.05, 4.69) is 41.3 Å². The van der Waals surface area contributed by atoms with Crippen molar-refractivity contribution < 1.29 is 14.6 Å². The summed E-state index contributed by atoms with van der Waals surface area (Å²) in [5.74, 6) is -0.0780. The Morgan fingerprint density at radius 2 is 2.07 bits per heavy atom. The van der Waals surface area contributed by atoms with Gasteiger partial charge in [-0.1, -0.05) is 28.1 Å². The van der Waals surface area contributed by atoms with E-state index in [4.69, 9.17) is 4.74 Å². The average molecular weight is 440 g/mol. The second-order valence-corrected chi connectivity index (χ2v) is 6.83. The summed E-state index contributed by atoms with van der Waals surface area (Å²) >= 11 is 3.37. The van der Waals surface area contributed by atoms with Crippen molar-refractivity contribution in [2.24, 2.45) is 10.2 Å².